The van der Waals surface area contributed by atoms with Crippen molar-refractivity contribution in [3.05, 3.63) is 54.2 Å². The molecule has 3 aromatic rings. The van der Waals surface area contributed by atoms with Gasteiger partial charge in [-0.1, -0.05) is 18.2 Å². The minimum atomic E-state index is 0.475. The topological polar surface area (TPSA) is 67.2 Å². The van der Waals surface area contributed by atoms with Crippen LogP contribution >= 0.6 is 0 Å². The number of ether oxygens (including phenoxy) is 2. The van der Waals surface area contributed by atoms with Crippen LogP contribution in [0.4, 0.5) is 11.4 Å². The summed E-state index contributed by atoms with van der Waals surface area (Å²) in [7, 11) is 0. The van der Waals surface area contributed by atoms with Crippen LogP contribution in [0.1, 0.15) is 19.4 Å². The number of hydrogen-bond acceptors (Lipinski definition) is 5. The zero-order chi connectivity index (χ0) is 17.6. The third-order valence-corrected chi connectivity index (χ3v) is 3.72. The summed E-state index contributed by atoms with van der Waals surface area (Å²) >= 11 is 0. The molecule has 0 atom stereocenters. The minimum absolute atomic E-state index is 0.475. The van der Waals surface area contributed by atoms with Crippen molar-refractivity contribution in [2.45, 2.75) is 13.8 Å². The molecule has 5 nitrogen and oxygen atoms in total. The quantitative estimate of drug-likeness (QED) is 0.711. The molecule has 25 heavy (non-hydrogen) atoms. The first-order chi connectivity index (χ1) is 12.3. The number of aromatic nitrogens is 1. The molecule has 0 bridgehead atoms. The Kier molecular flexibility index (Phi) is 5.00. The highest BCUT2D eigenvalue weighted by atomic mass is 16.5. The van der Waals surface area contributed by atoms with Crippen LogP contribution < -0.4 is 14.8 Å². The summed E-state index contributed by atoms with van der Waals surface area (Å²) in [6.45, 7) is 5.00. The number of fused-ring (bicyclic) bond motifs is 1. The molecule has 3 rings (SSSR count). The van der Waals surface area contributed by atoms with Crippen LogP contribution in [-0.4, -0.2) is 18.2 Å². The van der Waals surface area contributed by atoms with E-state index in [2.05, 4.69) is 16.4 Å². The molecule has 0 fully saturated rings. The number of nitriles is 1. The molecular formula is C20H19N3O2. The van der Waals surface area contributed by atoms with Gasteiger partial charge in [-0.3, -0.25) is 4.98 Å². The summed E-state index contributed by atoms with van der Waals surface area (Å²) in [6, 6.07) is 15.5. The number of benzene rings is 2. The number of nitrogens with one attached hydrogen (secondary N) is 1. The Morgan fingerprint density at radius 1 is 1.08 bits per heavy atom. The fourth-order valence-electron chi connectivity index (χ4n) is 2.64. The summed E-state index contributed by atoms with van der Waals surface area (Å²) in [6.07, 6.45) is 1.58. The SMILES string of the molecule is CCOc1ccc(OCC)c(Nc2c(C#N)cnc3ccccc23)c1. The highest BCUT2D eigenvalue weighted by Crippen LogP contribution is 2.35. The van der Waals surface area contributed by atoms with E-state index < -0.39 is 0 Å². The van der Waals surface area contributed by atoms with E-state index >= 15 is 0 Å². The Hall–Kier alpha value is -3.26. The van der Waals surface area contributed by atoms with Gasteiger partial charge in [0, 0.05) is 17.6 Å². The second kappa shape index (κ2) is 7.54. The molecule has 2 aromatic carbocycles. The molecule has 5 heteroatoms. The first-order valence-corrected chi connectivity index (χ1v) is 8.21. The second-order valence-corrected chi connectivity index (χ2v) is 5.32. The van der Waals surface area contributed by atoms with Crippen molar-refractivity contribution < 1.29 is 9.47 Å². The molecule has 0 radical (unpaired) electrons. The molecule has 0 amide bonds. The second-order valence-electron chi connectivity index (χ2n) is 5.32. The van der Waals surface area contributed by atoms with Crippen LogP contribution in [0, 0.1) is 11.3 Å². The zero-order valence-corrected chi connectivity index (χ0v) is 14.2. The van der Waals surface area contributed by atoms with Gasteiger partial charge >= 0.3 is 0 Å². The molecule has 0 unspecified atom stereocenters. The maximum absolute atomic E-state index is 9.48. The van der Waals surface area contributed by atoms with E-state index in [0.29, 0.717) is 30.2 Å². The van der Waals surface area contributed by atoms with Crippen molar-refractivity contribution in [3.8, 4) is 17.6 Å². The van der Waals surface area contributed by atoms with Crippen molar-refractivity contribution in [3.63, 3.8) is 0 Å². The molecule has 0 aliphatic heterocycles. The van der Waals surface area contributed by atoms with E-state index in [1.807, 2.05) is 56.3 Å². The maximum Gasteiger partial charge on any atom is 0.142 e. The highest BCUT2D eigenvalue weighted by molar-refractivity contribution is 5.96. The third-order valence-electron chi connectivity index (χ3n) is 3.72. The first kappa shape index (κ1) is 16.6. The summed E-state index contributed by atoms with van der Waals surface area (Å²) in [5.74, 6) is 1.45. The van der Waals surface area contributed by atoms with E-state index in [4.69, 9.17) is 9.47 Å². The Morgan fingerprint density at radius 2 is 1.88 bits per heavy atom. The normalized spacial score (nSPS) is 10.3. The van der Waals surface area contributed by atoms with Gasteiger partial charge in [0.1, 0.15) is 17.6 Å². The summed E-state index contributed by atoms with van der Waals surface area (Å²) in [4.78, 5) is 4.34. The smallest absolute Gasteiger partial charge is 0.142 e. The third kappa shape index (κ3) is 3.48. The van der Waals surface area contributed by atoms with Gasteiger partial charge < -0.3 is 14.8 Å². The average Bonchev–Trinajstić information content (AvgIpc) is 2.64. The van der Waals surface area contributed by atoms with Gasteiger partial charge in [-0.25, -0.2) is 0 Å². The molecule has 0 saturated carbocycles. The largest absolute Gasteiger partial charge is 0.494 e. The van der Waals surface area contributed by atoms with Crippen LogP contribution in [0.2, 0.25) is 0 Å². The van der Waals surface area contributed by atoms with Gasteiger partial charge in [0.2, 0.25) is 0 Å². The summed E-state index contributed by atoms with van der Waals surface area (Å²) in [5, 5.41) is 13.7. The van der Waals surface area contributed by atoms with Crippen LogP contribution in [0.5, 0.6) is 11.5 Å². The van der Waals surface area contributed by atoms with Crippen LogP contribution in [-0.2, 0) is 0 Å². The number of rotatable bonds is 6. The van der Waals surface area contributed by atoms with Gasteiger partial charge in [-0.05, 0) is 32.0 Å². The van der Waals surface area contributed by atoms with Crippen LogP contribution in [0.25, 0.3) is 10.9 Å². The zero-order valence-electron chi connectivity index (χ0n) is 14.2. The molecule has 1 N–H and O–H groups in total. The van der Waals surface area contributed by atoms with Crippen molar-refractivity contribution in [2.24, 2.45) is 0 Å². The minimum Gasteiger partial charge on any atom is -0.494 e. The maximum atomic E-state index is 9.48. The van der Waals surface area contributed by atoms with Gasteiger partial charge in [0.25, 0.3) is 0 Å². The number of para-hydroxylation sites is 1. The predicted octanol–water partition coefficient (Wildman–Crippen LogP) is 4.65. The van der Waals surface area contributed by atoms with Crippen molar-refractivity contribution in [1.29, 1.82) is 5.26 Å². The van der Waals surface area contributed by atoms with E-state index in [0.717, 1.165) is 22.3 Å². The highest BCUT2D eigenvalue weighted by Gasteiger charge is 2.12. The molecule has 0 saturated heterocycles. The Bertz CT molecular complexity index is 932. The molecule has 126 valence electrons. The van der Waals surface area contributed by atoms with E-state index in [1.54, 1.807) is 6.20 Å². The van der Waals surface area contributed by atoms with Crippen LogP contribution in [0.3, 0.4) is 0 Å². The fraction of sp³-hybridized carbons (Fsp3) is 0.200. The Balaban J connectivity index is 2.11. The molecule has 0 aliphatic carbocycles. The van der Waals surface area contributed by atoms with Crippen LogP contribution in [0.15, 0.2) is 48.7 Å². The number of anilines is 2. The lowest BCUT2D eigenvalue weighted by atomic mass is 10.1. The Morgan fingerprint density at radius 3 is 2.64 bits per heavy atom. The molecule has 0 spiro atoms. The first-order valence-electron chi connectivity index (χ1n) is 8.21. The van der Waals surface area contributed by atoms with Gasteiger partial charge in [-0.15, -0.1) is 0 Å². The predicted molar refractivity (Wildman–Crippen MR) is 98.5 cm³/mol. The standard InChI is InChI=1S/C20H19N3O2/c1-3-24-15-9-10-19(25-4-2)18(11-15)23-20-14(12-21)13-22-17-8-6-5-7-16(17)20/h5-11,13H,3-4H2,1-2H3,(H,22,23). The molecular weight excluding hydrogens is 314 g/mol. The lowest BCUT2D eigenvalue weighted by Gasteiger charge is -2.16. The van der Waals surface area contributed by atoms with E-state index in [9.17, 15) is 5.26 Å². The lowest BCUT2D eigenvalue weighted by molar-refractivity contribution is 0.332. The fourth-order valence-corrected chi connectivity index (χ4v) is 2.64. The van der Waals surface area contributed by atoms with Crippen molar-refractivity contribution >= 4 is 22.3 Å². The Labute approximate surface area is 146 Å². The summed E-state index contributed by atoms with van der Waals surface area (Å²) < 4.78 is 11.3. The molecule has 1 aromatic heterocycles. The molecule has 1 heterocycles. The van der Waals surface area contributed by atoms with Gasteiger partial charge in [0.05, 0.1) is 35.7 Å². The number of nitrogens with zero attached hydrogens (tertiary/aromatic N) is 2. The van der Waals surface area contributed by atoms with Crippen molar-refractivity contribution in [2.75, 3.05) is 18.5 Å². The molecule has 0 aliphatic rings. The van der Waals surface area contributed by atoms with Gasteiger partial charge in [0.15, 0.2) is 0 Å². The van der Waals surface area contributed by atoms with Gasteiger partial charge in [-0.2, -0.15) is 5.26 Å². The number of hydrogen-bond donors (Lipinski definition) is 1. The monoisotopic (exact) mass is 333 g/mol. The lowest BCUT2D eigenvalue weighted by Crippen LogP contribution is -2.02. The van der Waals surface area contributed by atoms with E-state index in [-0.39, 0.29) is 0 Å². The summed E-state index contributed by atoms with van der Waals surface area (Å²) in [5.41, 5.74) is 2.76. The van der Waals surface area contributed by atoms with Crippen molar-refractivity contribution in [1.82, 2.24) is 4.98 Å². The van der Waals surface area contributed by atoms with E-state index in [1.165, 1.54) is 0 Å². The number of pyridine rings is 1. The average molecular weight is 333 g/mol.